The van der Waals surface area contributed by atoms with Crippen LogP contribution in [0.15, 0.2) is 48.5 Å². The summed E-state index contributed by atoms with van der Waals surface area (Å²) in [6.07, 6.45) is 0. The predicted molar refractivity (Wildman–Crippen MR) is 93.3 cm³/mol. The van der Waals surface area contributed by atoms with Gasteiger partial charge in [-0.05, 0) is 48.5 Å². The van der Waals surface area contributed by atoms with Gasteiger partial charge in [-0.15, -0.1) is 10.2 Å². The second-order valence-corrected chi connectivity index (χ2v) is 5.77. The van der Waals surface area contributed by atoms with E-state index >= 15 is 0 Å². The molecule has 2 aromatic carbocycles. The van der Waals surface area contributed by atoms with E-state index in [4.69, 9.17) is 11.6 Å². The lowest BCUT2D eigenvalue weighted by Crippen LogP contribution is -2.20. The van der Waals surface area contributed by atoms with Crippen LogP contribution in [0.3, 0.4) is 0 Å². The van der Waals surface area contributed by atoms with Crippen LogP contribution in [0.25, 0.3) is 11.4 Å². The summed E-state index contributed by atoms with van der Waals surface area (Å²) in [4.78, 5) is 24.5. The molecule has 1 heterocycles. The molecule has 3 aromatic rings. The molecule has 0 atom stereocenters. The Hall–Kier alpha value is -3.06. The molecule has 1 N–H and O–H groups in total. The van der Waals surface area contributed by atoms with Gasteiger partial charge in [0.15, 0.2) is 5.78 Å². The van der Waals surface area contributed by atoms with Crippen LogP contribution in [-0.4, -0.2) is 31.9 Å². The summed E-state index contributed by atoms with van der Waals surface area (Å²) in [6, 6.07) is 13.7. The van der Waals surface area contributed by atoms with Crippen molar-refractivity contribution in [2.75, 3.05) is 5.32 Å². The average Bonchev–Trinajstić information content (AvgIpc) is 3.03. The Kier molecular flexibility index (Phi) is 4.85. The molecule has 0 saturated carbocycles. The van der Waals surface area contributed by atoms with Gasteiger partial charge in [-0.1, -0.05) is 23.7 Å². The maximum absolute atomic E-state index is 12.1. The molecule has 1 amide bonds. The summed E-state index contributed by atoms with van der Waals surface area (Å²) < 4.78 is 0. The van der Waals surface area contributed by atoms with Gasteiger partial charge in [0, 0.05) is 21.8 Å². The molecule has 0 spiro atoms. The van der Waals surface area contributed by atoms with Gasteiger partial charge in [0.2, 0.25) is 11.7 Å². The molecule has 0 aliphatic carbocycles. The van der Waals surface area contributed by atoms with Crippen LogP contribution in [0.2, 0.25) is 5.02 Å². The van der Waals surface area contributed by atoms with Gasteiger partial charge in [-0.3, -0.25) is 9.59 Å². The van der Waals surface area contributed by atoms with E-state index < -0.39 is 0 Å². The third kappa shape index (κ3) is 4.27. The number of benzene rings is 2. The van der Waals surface area contributed by atoms with Gasteiger partial charge in [0.25, 0.3) is 0 Å². The van der Waals surface area contributed by atoms with Crippen LogP contribution in [0.5, 0.6) is 0 Å². The third-order valence-corrected chi connectivity index (χ3v) is 3.63. The van der Waals surface area contributed by atoms with Crippen molar-refractivity contribution in [1.82, 2.24) is 20.2 Å². The molecule has 0 saturated heterocycles. The first-order valence-electron chi connectivity index (χ1n) is 7.46. The Balaban J connectivity index is 1.64. The molecule has 1 aromatic heterocycles. The molecule has 126 valence electrons. The second-order valence-electron chi connectivity index (χ2n) is 5.34. The van der Waals surface area contributed by atoms with Crippen LogP contribution >= 0.6 is 11.6 Å². The number of nitrogens with zero attached hydrogens (tertiary/aromatic N) is 4. The highest BCUT2D eigenvalue weighted by molar-refractivity contribution is 6.30. The smallest absolute Gasteiger partial charge is 0.248 e. The lowest BCUT2D eigenvalue weighted by molar-refractivity contribution is -0.117. The third-order valence-electron chi connectivity index (χ3n) is 3.40. The molecule has 7 nitrogen and oxygen atoms in total. The van der Waals surface area contributed by atoms with Crippen LogP contribution in [0.4, 0.5) is 5.69 Å². The fraction of sp³-hybridized carbons (Fsp3) is 0.118. The Bertz CT molecular complexity index is 921. The number of hydrogen-bond donors (Lipinski definition) is 1. The van der Waals surface area contributed by atoms with E-state index in [1.165, 1.54) is 11.7 Å². The highest BCUT2D eigenvalue weighted by Crippen LogP contribution is 2.18. The standard InChI is InChI=1S/C17H14ClN5O2/c1-11(24)12-5-7-15(8-6-12)19-16(25)10-23-21-17(20-22-23)13-3-2-4-14(18)9-13/h2-9H,10H2,1H3,(H,19,25). The monoisotopic (exact) mass is 355 g/mol. The zero-order valence-corrected chi connectivity index (χ0v) is 14.1. The van der Waals surface area contributed by atoms with Crippen molar-refractivity contribution in [2.24, 2.45) is 0 Å². The van der Waals surface area contributed by atoms with Gasteiger partial charge in [0.1, 0.15) is 6.54 Å². The number of hydrogen-bond acceptors (Lipinski definition) is 5. The topological polar surface area (TPSA) is 89.8 Å². The van der Waals surface area contributed by atoms with Gasteiger partial charge in [-0.2, -0.15) is 4.80 Å². The molecule has 0 fully saturated rings. The molecule has 3 rings (SSSR count). The largest absolute Gasteiger partial charge is 0.324 e. The number of carbonyl (C=O) groups excluding carboxylic acids is 2. The molecule has 25 heavy (non-hydrogen) atoms. The van der Waals surface area contributed by atoms with Gasteiger partial charge in [-0.25, -0.2) is 0 Å². The lowest BCUT2D eigenvalue weighted by atomic mass is 10.1. The minimum atomic E-state index is -0.300. The van der Waals surface area contributed by atoms with Crippen molar-refractivity contribution >= 4 is 29.0 Å². The number of aromatic nitrogens is 4. The fourth-order valence-corrected chi connectivity index (χ4v) is 2.36. The zero-order chi connectivity index (χ0) is 17.8. The van der Waals surface area contributed by atoms with E-state index in [0.29, 0.717) is 22.1 Å². The van der Waals surface area contributed by atoms with E-state index in [1.807, 2.05) is 6.07 Å². The summed E-state index contributed by atoms with van der Waals surface area (Å²) in [7, 11) is 0. The van der Waals surface area contributed by atoms with Crippen LogP contribution in [0, 0.1) is 0 Å². The van der Waals surface area contributed by atoms with Crippen molar-refractivity contribution < 1.29 is 9.59 Å². The van der Waals surface area contributed by atoms with Crippen LogP contribution in [0.1, 0.15) is 17.3 Å². The normalized spacial score (nSPS) is 10.5. The average molecular weight is 356 g/mol. The minimum Gasteiger partial charge on any atom is -0.324 e. The first-order valence-corrected chi connectivity index (χ1v) is 7.83. The highest BCUT2D eigenvalue weighted by Gasteiger charge is 2.10. The van der Waals surface area contributed by atoms with Gasteiger partial charge in [0.05, 0.1) is 0 Å². The van der Waals surface area contributed by atoms with E-state index in [1.54, 1.807) is 42.5 Å². The van der Waals surface area contributed by atoms with Crippen molar-refractivity contribution in [3.8, 4) is 11.4 Å². The maximum Gasteiger partial charge on any atom is 0.248 e. The Morgan fingerprint density at radius 1 is 1.16 bits per heavy atom. The highest BCUT2D eigenvalue weighted by atomic mass is 35.5. The number of amides is 1. The molecule has 0 bridgehead atoms. The fourth-order valence-electron chi connectivity index (χ4n) is 2.17. The van der Waals surface area contributed by atoms with Crippen molar-refractivity contribution in [2.45, 2.75) is 13.5 Å². The number of carbonyl (C=O) groups is 2. The summed E-state index contributed by atoms with van der Waals surface area (Å²) in [5, 5.41) is 15.2. The molecule has 0 aliphatic rings. The minimum absolute atomic E-state index is 0.0294. The van der Waals surface area contributed by atoms with Crippen LogP contribution < -0.4 is 5.32 Å². The number of rotatable bonds is 5. The molecular formula is C17H14ClN5O2. The Morgan fingerprint density at radius 3 is 2.60 bits per heavy atom. The summed E-state index contributed by atoms with van der Waals surface area (Å²) in [6.45, 7) is 1.41. The number of anilines is 1. The van der Waals surface area contributed by atoms with Gasteiger partial charge < -0.3 is 5.32 Å². The molecule has 0 aliphatic heterocycles. The zero-order valence-electron chi connectivity index (χ0n) is 13.3. The molecular weight excluding hydrogens is 342 g/mol. The maximum atomic E-state index is 12.1. The van der Waals surface area contributed by atoms with Crippen molar-refractivity contribution in [3.05, 3.63) is 59.1 Å². The van der Waals surface area contributed by atoms with E-state index in [-0.39, 0.29) is 18.2 Å². The Labute approximate surface area is 148 Å². The summed E-state index contributed by atoms with van der Waals surface area (Å²) >= 11 is 5.94. The van der Waals surface area contributed by atoms with Crippen molar-refractivity contribution in [3.63, 3.8) is 0 Å². The van der Waals surface area contributed by atoms with Crippen molar-refractivity contribution in [1.29, 1.82) is 0 Å². The lowest BCUT2D eigenvalue weighted by Gasteiger charge is -2.05. The first kappa shape index (κ1) is 16.8. The molecule has 0 radical (unpaired) electrons. The van der Waals surface area contributed by atoms with E-state index in [0.717, 1.165) is 5.56 Å². The second kappa shape index (κ2) is 7.23. The van der Waals surface area contributed by atoms with E-state index in [9.17, 15) is 9.59 Å². The molecule has 8 heteroatoms. The Morgan fingerprint density at radius 2 is 1.92 bits per heavy atom. The predicted octanol–water partition coefficient (Wildman–Crippen LogP) is 2.83. The van der Waals surface area contributed by atoms with Crippen LogP contribution in [-0.2, 0) is 11.3 Å². The summed E-state index contributed by atoms with van der Waals surface area (Å²) in [5.41, 5.74) is 1.89. The SMILES string of the molecule is CC(=O)c1ccc(NC(=O)Cn2nnc(-c3cccc(Cl)c3)n2)cc1. The number of ketones is 1. The number of tetrazole rings is 1. The quantitative estimate of drug-likeness (QED) is 0.711. The molecule has 0 unspecified atom stereocenters. The number of halogens is 1. The summed E-state index contributed by atoms with van der Waals surface area (Å²) in [5.74, 6) is 0.0602. The first-order chi connectivity index (χ1) is 12.0. The number of nitrogens with one attached hydrogen (secondary N) is 1. The number of Topliss-reactive ketones (excluding diaryl/α,β-unsaturated/α-hetero) is 1. The van der Waals surface area contributed by atoms with E-state index in [2.05, 4.69) is 20.7 Å². The van der Waals surface area contributed by atoms with Gasteiger partial charge >= 0.3 is 0 Å².